The Hall–Kier alpha value is -1.35. The molecule has 1 aromatic rings. The fourth-order valence-electron chi connectivity index (χ4n) is 1.45. The van der Waals surface area contributed by atoms with Gasteiger partial charge in [-0.25, -0.2) is 0 Å². The van der Waals surface area contributed by atoms with Gasteiger partial charge in [-0.2, -0.15) is 0 Å². The molecular weight excluding hydrogens is 204 g/mol. The Labute approximate surface area is 96.1 Å². The van der Waals surface area contributed by atoms with Crippen LogP contribution < -0.4 is 0 Å². The van der Waals surface area contributed by atoms with Crippen molar-refractivity contribution in [3.63, 3.8) is 0 Å². The molecule has 2 atom stereocenters. The summed E-state index contributed by atoms with van der Waals surface area (Å²) in [4.78, 5) is 11.4. The summed E-state index contributed by atoms with van der Waals surface area (Å²) in [6, 6.07) is 7.48. The van der Waals surface area contributed by atoms with Crippen molar-refractivity contribution in [1.82, 2.24) is 0 Å². The number of benzene rings is 1. The lowest BCUT2D eigenvalue weighted by Gasteiger charge is -2.17. The van der Waals surface area contributed by atoms with Crippen LogP contribution in [0.1, 0.15) is 31.1 Å². The van der Waals surface area contributed by atoms with Gasteiger partial charge in [-0.05, 0) is 26.3 Å². The second-order valence-electron chi connectivity index (χ2n) is 3.90. The number of hydrogen-bond acceptors (Lipinski definition) is 3. The molecule has 1 rings (SSSR count). The summed E-state index contributed by atoms with van der Waals surface area (Å²) in [5.41, 5.74) is 1.87. The molecule has 0 aliphatic heterocycles. The molecule has 0 heterocycles. The summed E-state index contributed by atoms with van der Waals surface area (Å²) in [5.74, 6) is -0.904. The Kier molecular flexibility index (Phi) is 4.50. The highest BCUT2D eigenvalue weighted by Crippen LogP contribution is 2.23. The highest BCUT2D eigenvalue weighted by Gasteiger charge is 2.24. The van der Waals surface area contributed by atoms with E-state index >= 15 is 0 Å². The van der Waals surface area contributed by atoms with Gasteiger partial charge in [0.25, 0.3) is 0 Å². The number of esters is 1. The second-order valence-corrected chi connectivity index (χ2v) is 3.90. The lowest BCUT2D eigenvalue weighted by Crippen LogP contribution is -2.21. The largest absolute Gasteiger partial charge is 0.466 e. The van der Waals surface area contributed by atoms with Crippen molar-refractivity contribution in [2.24, 2.45) is 5.92 Å². The predicted octanol–water partition coefficient (Wildman–Crippen LogP) is 2.23. The molecule has 1 aromatic carbocycles. The van der Waals surface area contributed by atoms with Crippen LogP contribution in [0.3, 0.4) is 0 Å². The van der Waals surface area contributed by atoms with Crippen LogP contribution in [0.4, 0.5) is 0 Å². The monoisotopic (exact) mass is 222 g/mol. The number of aryl methyl sites for hydroxylation is 1. The summed E-state index contributed by atoms with van der Waals surface area (Å²) < 4.78 is 4.87. The zero-order valence-electron chi connectivity index (χ0n) is 9.93. The average molecular weight is 222 g/mol. The normalized spacial score (nSPS) is 14.2. The van der Waals surface area contributed by atoms with Crippen molar-refractivity contribution in [3.8, 4) is 0 Å². The maximum atomic E-state index is 11.4. The van der Waals surface area contributed by atoms with Crippen LogP contribution in [0.2, 0.25) is 0 Å². The molecule has 16 heavy (non-hydrogen) atoms. The zero-order valence-corrected chi connectivity index (χ0v) is 9.93. The van der Waals surface area contributed by atoms with Gasteiger partial charge >= 0.3 is 5.97 Å². The fourth-order valence-corrected chi connectivity index (χ4v) is 1.45. The quantitative estimate of drug-likeness (QED) is 0.795. The fraction of sp³-hybridized carbons (Fsp3) is 0.462. The van der Waals surface area contributed by atoms with E-state index in [1.54, 1.807) is 13.8 Å². The SMILES string of the molecule is CCOC(=O)[C@@H](C)[C@@H](O)c1ccc(C)cc1. The smallest absolute Gasteiger partial charge is 0.311 e. The molecule has 0 amide bonds. The van der Waals surface area contributed by atoms with Crippen LogP contribution in [0.15, 0.2) is 24.3 Å². The number of carbonyl (C=O) groups is 1. The topological polar surface area (TPSA) is 46.5 Å². The summed E-state index contributed by atoms with van der Waals surface area (Å²) in [5, 5.41) is 9.98. The number of aliphatic hydroxyl groups is 1. The van der Waals surface area contributed by atoms with E-state index in [0.29, 0.717) is 6.61 Å². The minimum Gasteiger partial charge on any atom is -0.466 e. The van der Waals surface area contributed by atoms with Gasteiger partial charge in [-0.3, -0.25) is 4.79 Å². The Bertz CT molecular complexity index is 343. The van der Waals surface area contributed by atoms with Gasteiger partial charge < -0.3 is 9.84 Å². The van der Waals surface area contributed by atoms with Crippen LogP contribution in [-0.2, 0) is 9.53 Å². The molecule has 0 radical (unpaired) electrons. The van der Waals surface area contributed by atoms with E-state index in [2.05, 4.69) is 0 Å². The molecule has 0 aromatic heterocycles. The maximum absolute atomic E-state index is 11.4. The van der Waals surface area contributed by atoms with Crippen molar-refractivity contribution < 1.29 is 14.6 Å². The Morgan fingerprint density at radius 1 is 1.38 bits per heavy atom. The number of hydrogen-bond donors (Lipinski definition) is 1. The van der Waals surface area contributed by atoms with Gasteiger partial charge in [0.15, 0.2) is 0 Å². The molecular formula is C13H18O3. The third-order valence-corrected chi connectivity index (χ3v) is 2.55. The number of aliphatic hydroxyl groups excluding tert-OH is 1. The van der Waals surface area contributed by atoms with Crippen molar-refractivity contribution in [2.75, 3.05) is 6.61 Å². The molecule has 0 bridgehead atoms. The second kappa shape index (κ2) is 5.66. The average Bonchev–Trinajstić information content (AvgIpc) is 2.28. The van der Waals surface area contributed by atoms with Crippen LogP contribution in [0, 0.1) is 12.8 Å². The highest BCUT2D eigenvalue weighted by molar-refractivity contribution is 5.72. The molecule has 0 fully saturated rings. The van der Waals surface area contributed by atoms with Crippen LogP contribution in [-0.4, -0.2) is 17.7 Å². The number of carbonyl (C=O) groups excluding carboxylic acids is 1. The lowest BCUT2D eigenvalue weighted by molar-refractivity contribution is -0.151. The van der Waals surface area contributed by atoms with E-state index in [4.69, 9.17) is 4.74 Å². The van der Waals surface area contributed by atoms with Gasteiger partial charge in [0.2, 0.25) is 0 Å². The van der Waals surface area contributed by atoms with Gasteiger partial charge in [-0.15, -0.1) is 0 Å². The van der Waals surface area contributed by atoms with E-state index in [9.17, 15) is 9.90 Å². The molecule has 0 saturated carbocycles. The molecule has 0 unspecified atom stereocenters. The van der Waals surface area contributed by atoms with Crippen molar-refractivity contribution in [1.29, 1.82) is 0 Å². The first-order valence-electron chi connectivity index (χ1n) is 5.47. The molecule has 88 valence electrons. The van der Waals surface area contributed by atoms with E-state index in [-0.39, 0.29) is 5.97 Å². The molecule has 0 saturated heterocycles. The summed E-state index contributed by atoms with van der Waals surface area (Å²) in [6.07, 6.45) is -0.806. The zero-order chi connectivity index (χ0) is 12.1. The first kappa shape index (κ1) is 12.7. The van der Waals surface area contributed by atoms with E-state index < -0.39 is 12.0 Å². The number of rotatable bonds is 4. The molecule has 0 aliphatic carbocycles. The minimum absolute atomic E-state index is 0.337. The summed E-state index contributed by atoms with van der Waals surface area (Å²) >= 11 is 0. The Balaban J connectivity index is 2.73. The molecule has 3 heteroatoms. The molecule has 0 aliphatic rings. The number of ether oxygens (including phenoxy) is 1. The highest BCUT2D eigenvalue weighted by atomic mass is 16.5. The van der Waals surface area contributed by atoms with Gasteiger partial charge in [0, 0.05) is 0 Å². The first-order valence-corrected chi connectivity index (χ1v) is 5.47. The van der Waals surface area contributed by atoms with Crippen molar-refractivity contribution >= 4 is 5.97 Å². The van der Waals surface area contributed by atoms with E-state index in [0.717, 1.165) is 11.1 Å². The van der Waals surface area contributed by atoms with E-state index in [1.165, 1.54) is 0 Å². The lowest BCUT2D eigenvalue weighted by atomic mass is 9.97. The third-order valence-electron chi connectivity index (χ3n) is 2.55. The third kappa shape index (κ3) is 3.07. The first-order chi connectivity index (χ1) is 7.56. The molecule has 1 N–H and O–H groups in total. The van der Waals surface area contributed by atoms with Crippen LogP contribution in [0.25, 0.3) is 0 Å². The summed E-state index contributed by atoms with van der Waals surface area (Å²) in [6.45, 7) is 5.74. The standard InChI is InChI=1S/C13H18O3/c1-4-16-13(15)10(3)12(14)11-7-5-9(2)6-8-11/h5-8,10,12,14H,4H2,1-3H3/t10-,12+/m0/s1. The summed E-state index contributed by atoms with van der Waals surface area (Å²) in [7, 11) is 0. The van der Waals surface area contributed by atoms with Gasteiger partial charge in [0.05, 0.1) is 18.6 Å². The van der Waals surface area contributed by atoms with Crippen molar-refractivity contribution in [2.45, 2.75) is 26.9 Å². The minimum atomic E-state index is -0.806. The predicted molar refractivity (Wildman–Crippen MR) is 61.9 cm³/mol. The Morgan fingerprint density at radius 2 is 1.94 bits per heavy atom. The van der Waals surface area contributed by atoms with Crippen LogP contribution in [0.5, 0.6) is 0 Å². The van der Waals surface area contributed by atoms with Gasteiger partial charge in [0.1, 0.15) is 0 Å². The van der Waals surface area contributed by atoms with Crippen molar-refractivity contribution in [3.05, 3.63) is 35.4 Å². The van der Waals surface area contributed by atoms with E-state index in [1.807, 2.05) is 31.2 Å². The van der Waals surface area contributed by atoms with Crippen LogP contribution >= 0.6 is 0 Å². The maximum Gasteiger partial charge on any atom is 0.311 e. The molecule has 3 nitrogen and oxygen atoms in total. The Morgan fingerprint density at radius 3 is 2.44 bits per heavy atom. The molecule has 0 spiro atoms. The van der Waals surface area contributed by atoms with Gasteiger partial charge in [-0.1, -0.05) is 29.8 Å².